The van der Waals surface area contributed by atoms with Crippen LogP contribution in [0.1, 0.15) is 11.5 Å². The Morgan fingerprint density at radius 1 is 1.52 bits per heavy atom. The summed E-state index contributed by atoms with van der Waals surface area (Å²) < 4.78 is 1.51. The zero-order valence-corrected chi connectivity index (χ0v) is 11.3. The first-order valence-corrected chi connectivity index (χ1v) is 6.13. The highest BCUT2D eigenvalue weighted by Crippen LogP contribution is 1.99. The number of amides is 2. The van der Waals surface area contributed by atoms with E-state index in [0.29, 0.717) is 11.5 Å². The predicted molar refractivity (Wildman–Crippen MR) is 70.1 cm³/mol. The van der Waals surface area contributed by atoms with Crippen LogP contribution in [0.2, 0.25) is 0 Å². The number of imidazole rings is 1. The number of carboxylic acid groups (broad SMARTS) is 1. The second-order valence-corrected chi connectivity index (χ2v) is 4.33. The number of nitrogens with one attached hydrogen (secondary N) is 3. The summed E-state index contributed by atoms with van der Waals surface area (Å²) in [4.78, 5) is 33.4. The smallest absolute Gasteiger partial charge is 0.326 e. The van der Waals surface area contributed by atoms with Gasteiger partial charge in [0.25, 0.3) is 0 Å². The molecule has 1 unspecified atom stereocenters. The number of hydrogen-bond donors (Lipinski definition) is 4. The molecular formula is C11H15N7O3. The zero-order chi connectivity index (χ0) is 15.2. The van der Waals surface area contributed by atoms with Crippen LogP contribution in [0.25, 0.3) is 0 Å². The van der Waals surface area contributed by atoms with Crippen LogP contribution >= 0.6 is 0 Å². The number of aliphatic carboxylic acids is 1. The van der Waals surface area contributed by atoms with E-state index in [0.717, 1.165) is 0 Å². The first kappa shape index (κ1) is 14.5. The molecule has 0 radical (unpaired) electrons. The fourth-order valence-corrected chi connectivity index (χ4v) is 1.65. The molecule has 0 spiro atoms. The van der Waals surface area contributed by atoms with E-state index in [2.05, 4.69) is 30.7 Å². The lowest BCUT2D eigenvalue weighted by Crippen LogP contribution is -2.47. The van der Waals surface area contributed by atoms with Crippen LogP contribution in [-0.2, 0) is 24.8 Å². The summed E-state index contributed by atoms with van der Waals surface area (Å²) in [6.45, 7) is 0.114. The minimum atomic E-state index is -1.13. The molecule has 21 heavy (non-hydrogen) atoms. The number of rotatable bonds is 6. The second kappa shape index (κ2) is 6.50. The van der Waals surface area contributed by atoms with Gasteiger partial charge in [0.15, 0.2) is 5.82 Å². The Morgan fingerprint density at radius 3 is 2.90 bits per heavy atom. The first-order valence-electron chi connectivity index (χ1n) is 6.13. The van der Waals surface area contributed by atoms with E-state index in [4.69, 9.17) is 5.11 Å². The van der Waals surface area contributed by atoms with Gasteiger partial charge in [-0.1, -0.05) is 0 Å². The lowest BCUT2D eigenvalue weighted by atomic mass is 10.2. The standard InChI is InChI=1S/C11H15N7O3/c1-18-6-15-9(17-18)4-13-11(21)16-8(10(19)20)2-7-3-12-5-14-7/h3,5-6,8H,2,4H2,1H3,(H,12,14)(H,19,20)(H2,13,16,21). The summed E-state index contributed by atoms with van der Waals surface area (Å²) in [6, 6.07) is -1.66. The molecule has 2 heterocycles. The van der Waals surface area contributed by atoms with Gasteiger partial charge in [-0.15, -0.1) is 0 Å². The lowest BCUT2D eigenvalue weighted by Gasteiger charge is -2.13. The lowest BCUT2D eigenvalue weighted by molar-refractivity contribution is -0.139. The Morgan fingerprint density at radius 2 is 2.33 bits per heavy atom. The van der Waals surface area contributed by atoms with Gasteiger partial charge in [0.05, 0.1) is 12.9 Å². The highest BCUT2D eigenvalue weighted by atomic mass is 16.4. The van der Waals surface area contributed by atoms with Crippen molar-refractivity contribution >= 4 is 12.0 Å². The van der Waals surface area contributed by atoms with Gasteiger partial charge >= 0.3 is 12.0 Å². The van der Waals surface area contributed by atoms with Gasteiger partial charge in [-0.3, -0.25) is 4.68 Å². The van der Waals surface area contributed by atoms with Crippen molar-refractivity contribution in [3.8, 4) is 0 Å². The molecular weight excluding hydrogens is 278 g/mol. The fourth-order valence-electron chi connectivity index (χ4n) is 1.65. The highest BCUT2D eigenvalue weighted by molar-refractivity contribution is 5.82. The summed E-state index contributed by atoms with van der Waals surface area (Å²) in [5.74, 6) is -0.691. The van der Waals surface area contributed by atoms with Crippen LogP contribution in [0.5, 0.6) is 0 Å². The van der Waals surface area contributed by atoms with Crippen molar-refractivity contribution in [1.82, 2.24) is 35.4 Å². The predicted octanol–water partition coefficient (Wildman–Crippen LogP) is -0.967. The minimum absolute atomic E-state index is 0.114. The van der Waals surface area contributed by atoms with Gasteiger partial charge in [-0.25, -0.2) is 19.6 Å². The van der Waals surface area contributed by atoms with Crippen LogP contribution in [0.3, 0.4) is 0 Å². The maximum Gasteiger partial charge on any atom is 0.326 e. The van der Waals surface area contributed by atoms with Crippen molar-refractivity contribution in [2.45, 2.75) is 19.0 Å². The van der Waals surface area contributed by atoms with E-state index >= 15 is 0 Å². The summed E-state index contributed by atoms with van der Waals surface area (Å²) in [5, 5.41) is 18.0. The van der Waals surface area contributed by atoms with Crippen molar-refractivity contribution in [3.63, 3.8) is 0 Å². The van der Waals surface area contributed by atoms with Gasteiger partial charge in [-0.05, 0) is 0 Å². The number of urea groups is 1. The third kappa shape index (κ3) is 4.30. The van der Waals surface area contributed by atoms with Crippen LogP contribution in [0, 0.1) is 0 Å². The van der Waals surface area contributed by atoms with Crippen molar-refractivity contribution in [2.75, 3.05) is 0 Å². The van der Waals surface area contributed by atoms with E-state index in [9.17, 15) is 9.59 Å². The Bertz CT molecular complexity index is 607. The Hall–Kier alpha value is -2.91. The van der Waals surface area contributed by atoms with Crippen molar-refractivity contribution < 1.29 is 14.7 Å². The quantitative estimate of drug-likeness (QED) is 0.541. The van der Waals surface area contributed by atoms with Gasteiger partial charge in [-0.2, -0.15) is 5.10 Å². The third-order valence-corrected chi connectivity index (χ3v) is 2.64. The molecule has 0 saturated heterocycles. The molecule has 1 atom stereocenters. The van der Waals surface area contributed by atoms with Crippen LogP contribution in [-0.4, -0.2) is 47.9 Å². The average molecular weight is 293 g/mol. The van der Waals surface area contributed by atoms with E-state index < -0.39 is 18.0 Å². The Balaban J connectivity index is 1.84. The molecule has 0 aliphatic rings. The van der Waals surface area contributed by atoms with Gasteiger partial charge in [0.1, 0.15) is 12.4 Å². The molecule has 0 aromatic carbocycles. The molecule has 2 amide bonds. The summed E-state index contributed by atoms with van der Waals surface area (Å²) in [5.41, 5.74) is 0.620. The maximum absolute atomic E-state index is 11.7. The largest absolute Gasteiger partial charge is 0.480 e. The summed E-state index contributed by atoms with van der Waals surface area (Å²) in [6.07, 6.45) is 4.58. The van der Waals surface area contributed by atoms with E-state index in [1.807, 2.05) is 0 Å². The number of aryl methyl sites for hydroxylation is 1. The fraction of sp³-hybridized carbons (Fsp3) is 0.364. The van der Waals surface area contributed by atoms with Crippen molar-refractivity contribution in [3.05, 3.63) is 30.4 Å². The molecule has 2 rings (SSSR count). The molecule has 0 bridgehead atoms. The Labute approximate surface area is 119 Å². The van der Waals surface area contributed by atoms with E-state index in [-0.39, 0.29) is 13.0 Å². The molecule has 10 nitrogen and oxygen atoms in total. The molecule has 10 heteroatoms. The first-order chi connectivity index (χ1) is 10.0. The second-order valence-electron chi connectivity index (χ2n) is 4.33. The number of nitrogens with zero attached hydrogens (tertiary/aromatic N) is 4. The molecule has 0 aliphatic carbocycles. The number of aromatic amines is 1. The maximum atomic E-state index is 11.7. The van der Waals surface area contributed by atoms with E-state index in [1.54, 1.807) is 7.05 Å². The average Bonchev–Trinajstić information content (AvgIpc) is 3.07. The normalized spacial score (nSPS) is 11.9. The van der Waals surface area contributed by atoms with Crippen LogP contribution < -0.4 is 10.6 Å². The number of carboxylic acids is 1. The van der Waals surface area contributed by atoms with Crippen molar-refractivity contribution in [1.29, 1.82) is 0 Å². The number of carbonyl (C=O) groups excluding carboxylic acids is 1. The van der Waals surface area contributed by atoms with Gasteiger partial charge < -0.3 is 20.7 Å². The Kier molecular flexibility index (Phi) is 4.49. The minimum Gasteiger partial charge on any atom is -0.480 e. The third-order valence-electron chi connectivity index (χ3n) is 2.64. The highest BCUT2D eigenvalue weighted by Gasteiger charge is 2.21. The zero-order valence-electron chi connectivity index (χ0n) is 11.3. The van der Waals surface area contributed by atoms with Crippen molar-refractivity contribution in [2.24, 2.45) is 7.05 Å². The van der Waals surface area contributed by atoms with Crippen LogP contribution in [0.4, 0.5) is 4.79 Å². The summed E-state index contributed by atoms with van der Waals surface area (Å²) >= 11 is 0. The monoisotopic (exact) mass is 293 g/mol. The molecule has 0 saturated carbocycles. The van der Waals surface area contributed by atoms with Gasteiger partial charge in [0, 0.05) is 25.4 Å². The molecule has 112 valence electrons. The van der Waals surface area contributed by atoms with E-state index in [1.165, 1.54) is 23.5 Å². The van der Waals surface area contributed by atoms with Crippen LogP contribution in [0.15, 0.2) is 18.9 Å². The topological polar surface area (TPSA) is 138 Å². The number of H-pyrrole nitrogens is 1. The van der Waals surface area contributed by atoms with Gasteiger partial charge in [0.2, 0.25) is 0 Å². The number of hydrogen-bond acceptors (Lipinski definition) is 5. The summed E-state index contributed by atoms with van der Waals surface area (Å²) in [7, 11) is 1.71. The molecule has 4 N–H and O–H groups in total. The molecule has 2 aromatic rings. The molecule has 2 aromatic heterocycles. The number of aromatic nitrogens is 5. The molecule has 0 fully saturated rings. The SMILES string of the molecule is Cn1cnc(CNC(=O)NC(Cc2cnc[nH]2)C(=O)O)n1. The number of carbonyl (C=O) groups is 2. The molecule has 0 aliphatic heterocycles.